The van der Waals surface area contributed by atoms with Crippen molar-refractivity contribution in [1.29, 1.82) is 0 Å². The van der Waals surface area contributed by atoms with Gasteiger partial charge in [0.05, 0.1) is 16.9 Å². The highest BCUT2D eigenvalue weighted by molar-refractivity contribution is 6.31. The van der Waals surface area contributed by atoms with E-state index in [0.717, 1.165) is 57.3 Å². The fraction of sp³-hybridized carbons (Fsp3) is 0.111. The molecule has 5 rings (SSSR count). The number of aromatic nitrogens is 2. The first-order valence-corrected chi connectivity index (χ1v) is 11.1. The number of amides is 1. The number of benzene rings is 3. The van der Waals surface area contributed by atoms with Crippen molar-refractivity contribution in [3.05, 3.63) is 95.5 Å². The van der Waals surface area contributed by atoms with Gasteiger partial charge in [0.2, 0.25) is 5.91 Å². The zero-order valence-electron chi connectivity index (χ0n) is 17.4. The number of hydrogen-bond donors (Lipinski definition) is 2. The van der Waals surface area contributed by atoms with Gasteiger partial charge in [-0.25, -0.2) is 4.98 Å². The van der Waals surface area contributed by atoms with Crippen LogP contribution in [0.4, 0.5) is 5.69 Å². The number of carbonyl (C=O) groups is 1. The Morgan fingerprint density at radius 3 is 2.62 bits per heavy atom. The van der Waals surface area contributed by atoms with E-state index in [0.29, 0.717) is 11.4 Å². The summed E-state index contributed by atoms with van der Waals surface area (Å²) < 4.78 is 0. The lowest BCUT2D eigenvalue weighted by Crippen LogP contribution is -2.11. The van der Waals surface area contributed by atoms with E-state index < -0.39 is 0 Å². The lowest BCUT2D eigenvalue weighted by molar-refractivity contribution is -0.116. The van der Waals surface area contributed by atoms with Crippen molar-refractivity contribution in [2.24, 2.45) is 0 Å². The van der Waals surface area contributed by atoms with Gasteiger partial charge in [-0.1, -0.05) is 54.1 Å². The van der Waals surface area contributed by atoms with Crippen molar-refractivity contribution in [2.75, 3.05) is 5.32 Å². The first-order chi connectivity index (χ1) is 15.7. The van der Waals surface area contributed by atoms with Crippen molar-refractivity contribution in [2.45, 2.75) is 19.3 Å². The third kappa shape index (κ3) is 4.23. The Labute approximate surface area is 191 Å². The number of rotatable bonds is 6. The number of anilines is 1. The largest absolute Gasteiger partial charge is 0.353 e. The topological polar surface area (TPSA) is 57.8 Å². The molecule has 0 fully saturated rings. The molecule has 2 aromatic heterocycles. The summed E-state index contributed by atoms with van der Waals surface area (Å²) in [7, 11) is 0. The molecule has 2 N–H and O–H groups in total. The fourth-order valence-corrected chi connectivity index (χ4v) is 4.25. The molecule has 0 aliphatic rings. The predicted octanol–water partition coefficient (Wildman–Crippen LogP) is 7.00. The second-order valence-electron chi connectivity index (χ2n) is 7.83. The molecule has 0 saturated heterocycles. The molecule has 0 atom stereocenters. The molecule has 0 aliphatic heterocycles. The highest BCUT2D eigenvalue weighted by Gasteiger charge is 2.16. The summed E-state index contributed by atoms with van der Waals surface area (Å²) in [6.07, 6.45) is 1.90. The number of carbonyl (C=O) groups excluding carboxylic acids is 1. The molecule has 32 heavy (non-hydrogen) atoms. The van der Waals surface area contributed by atoms with Crippen LogP contribution >= 0.6 is 11.6 Å². The summed E-state index contributed by atoms with van der Waals surface area (Å²) in [5.74, 6) is 0.0134. The number of nitrogens with one attached hydrogen (secondary N) is 2. The number of fused-ring (bicyclic) bond motifs is 2. The Hall–Kier alpha value is -3.63. The molecule has 158 valence electrons. The Morgan fingerprint density at radius 1 is 0.938 bits per heavy atom. The highest BCUT2D eigenvalue weighted by atomic mass is 35.5. The molecule has 0 aliphatic carbocycles. The van der Waals surface area contributed by atoms with E-state index in [2.05, 4.69) is 22.4 Å². The molecule has 2 heterocycles. The number of halogens is 1. The summed E-state index contributed by atoms with van der Waals surface area (Å²) in [6, 6.07) is 27.6. The van der Waals surface area contributed by atoms with Crippen molar-refractivity contribution >= 4 is 45.0 Å². The van der Waals surface area contributed by atoms with Crippen LogP contribution in [0.25, 0.3) is 33.2 Å². The summed E-state index contributed by atoms with van der Waals surface area (Å²) in [5, 5.41) is 5.83. The van der Waals surface area contributed by atoms with E-state index in [4.69, 9.17) is 16.6 Å². The molecule has 3 aromatic carbocycles. The van der Waals surface area contributed by atoms with Gasteiger partial charge in [-0.15, -0.1) is 0 Å². The van der Waals surface area contributed by atoms with Crippen LogP contribution < -0.4 is 5.32 Å². The Bertz CT molecular complexity index is 1410. The second kappa shape index (κ2) is 8.85. The summed E-state index contributed by atoms with van der Waals surface area (Å²) in [6.45, 7) is 0. The van der Waals surface area contributed by atoms with Crippen molar-refractivity contribution in [3.8, 4) is 11.4 Å². The average Bonchev–Trinajstić information content (AvgIpc) is 3.17. The monoisotopic (exact) mass is 439 g/mol. The van der Waals surface area contributed by atoms with Crippen LogP contribution in [0.3, 0.4) is 0 Å². The van der Waals surface area contributed by atoms with E-state index in [-0.39, 0.29) is 5.91 Å². The van der Waals surface area contributed by atoms with Gasteiger partial charge in [0, 0.05) is 33.4 Å². The van der Waals surface area contributed by atoms with Crippen LogP contribution in [0, 0.1) is 0 Å². The number of H-pyrrole nitrogens is 1. The van der Waals surface area contributed by atoms with E-state index >= 15 is 0 Å². The molecular formula is C27H22ClN3O. The standard InChI is InChI=1S/C27H22ClN3O/c28-19-14-16-24-22(17-19)21(10-6-12-26(32)29-20-8-2-1-3-9-20)27(31-24)25-15-13-18-7-4-5-11-23(18)30-25/h1-5,7-9,11,13-17,31H,6,10,12H2,(H,29,32). The second-order valence-corrected chi connectivity index (χ2v) is 8.26. The summed E-state index contributed by atoms with van der Waals surface area (Å²) in [4.78, 5) is 20.8. The molecule has 5 heteroatoms. The zero-order valence-corrected chi connectivity index (χ0v) is 18.2. The van der Waals surface area contributed by atoms with Crippen LogP contribution in [0.1, 0.15) is 18.4 Å². The van der Waals surface area contributed by atoms with E-state index in [9.17, 15) is 4.79 Å². The minimum absolute atomic E-state index is 0.0134. The average molecular weight is 440 g/mol. The number of aromatic amines is 1. The molecule has 0 spiro atoms. The number of para-hydroxylation sites is 2. The third-order valence-electron chi connectivity index (χ3n) is 5.61. The first kappa shape index (κ1) is 20.3. The lowest BCUT2D eigenvalue weighted by Gasteiger charge is -2.07. The van der Waals surface area contributed by atoms with E-state index in [1.54, 1.807) is 0 Å². The first-order valence-electron chi connectivity index (χ1n) is 10.7. The number of pyridine rings is 1. The Morgan fingerprint density at radius 2 is 1.75 bits per heavy atom. The van der Waals surface area contributed by atoms with Gasteiger partial charge in [-0.2, -0.15) is 0 Å². The molecule has 0 saturated carbocycles. The number of aryl methyl sites for hydroxylation is 1. The van der Waals surface area contributed by atoms with Crippen LogP contribution in [0.15, 0.2) is 84.9 Å². The summed E-state index contributed by atoms with van der Waals surface area (Å²) >= 11 is 6.31. The van der Waals surface area contributed by atoms with Gasteiger partial charge in [0.1, 0.15) is 0 Å². The molecule has 0 unspecified atom stereocenters. The zero-order chi connectivity index (χ0) is 21.9. The minimum Gasteiger partial charge on any atom is -0.353 e. The number of nitrogens with zero attached hydrogens (tertiary/aromatic N) is 1. The third-order valence-corrected chi connectivity index (χ3v) is 5.85. The fourth-order valence-electron chi connectivity index (χ4n) is 4.07. The molecule has 5 aromatic rings. The smallest absolute Gasteiger partial charge is 0.224 e. The normalized spacial score (nSPS) is 11.2. The predicted molar refractivity (Wildman–Crippen MR) is 132 cm³/mol. The molecule has 1 amide bonds. The Balaban J connectivity index is 1.43. The van der Waals surface area contributed by atoms with Gasteiger partial charge >= 0.3 is 0 Å². The Kier molecular flexibility index (Phi) is 5.61. The van der Waals surface area contributed by atoms with Gasteiger partial charge in [0.15, 0.2) is 0 Å². The molecule has 4 nitrogen and oxygen atoms in total. The van der Waals surface area contributed by atoms with Crippen LogP contribution in [-0.2, 0) is 11.2 Å². The molecule has 0 radical (unpaired) electrons. The number of hydrogen-bond acceptors (Lipinski definition) is 2. The van der Waals surface area contributed by atoms with Gasteiger partial charge in [-0.05, 0) is 60.9 Å². The minimum atomic E-state index is 0.0134. The maximum Gasteiger partial charge on any atom is 0.224 e. The van der Waals surface area contributed by atoms with Crippen molar-refractivity contribution < 1.29 is 4.79 Å². The van der Waals surface area contributed by atoms with Gasteiger partial charge < -0.3 is 10.3 Å². The van der Waals surface area contributed by atoms with Gasteiger partial charge in [0.25, 0.3) is 0 Å². The lowest BCUT2D eigenvalue weighted by atomic mass is 10.0. The van der Waals surface area contributed by atoms with Crippen LogP contribution in [-0.4, -0.2) is 15.9 Å². The van der Waals surface area contributed by atoms with Crippen LogP contribution in [0.5, 0.6) is 0 Å². The molecule has 0 bridgehead atoms. The van der Waals surface area contributed by atoms with Crippen LogP contribution in [0.2, 0.25) is 5.02 Å². The van der Waals surface area contributed by atoms with Crippen molar-refractivity contribution in [3.63, 3.8) is 0 Å². The SMILES string of the molecule is O=C(CCCc1c(-c2ccc3ccccc3n2)[nH]c2ccc(Cl)cc12)Nc1ccccc1. The maximum absolute atomic E-state index is 12.4. The van der Waals surface area contributed by atoms with E-state index in [1.807, 2.05) is 72.8 Å². The quantitative estimate of drug-likeness (QED) is 0.299. The van der Waals surface area contributed by atoms with Gasteiger partial charge in [-0.3, -0.25) is 4.79 Å². The summed E-state index contributed by atoms with van der Waals surface area (Å²) in [5.41, 5.74) is 5.80. The maximum atomic E-state index is 12.4. The molecular weight excluding hydrogens is 418 g/mol. The van der Waals surface area contributed by atoms with Crippen molar-refractivity contribution in [1.82, 2.24) is 9.97 Å². The highest BCUT2D eigenvalue weighted by Crippen LogP contribution is 2.33. The van der Waals surface area contributed by atoms with E-state index in [1.165, 1.54) is 0 Å².